The lowest BCUT2D eigenvalue weighted by molar-refractivity contribution is -0.142. The number of likely N-dealkylation sites (tertiary alicyclic amines) is 1. The number of aliphatic carboxylic acids is 1. The summed E-state index contributed by atoms with van der Waals surface area (Å²) in [6.07, 6.45) is 0. The van der Waals surface area contributed by atoms with E-state index < -0.39 is 5.97 Å². The van der Waals surface area contributed by atoms with Gasteiger partial charge in [-0.2, -0.15) is 0 Å². The maximum atomic E-state index is 11.1. The van der Waals surface area contributed by atoms with Crippen molar-refractivity contribution in [2.45, 2.75) is 12.8 Å². The SMILES string of the molecule is C[C@@H]1CN(CC2COc3ccccc32)C[C@H]1C(=O)O. The second kappa shape index (κ2) is 4.85. The monoisotopic (exact) mass is 261 g/mol. The Labute approximate surface area is 113 Å². The van der Waals surface area contributed by atoms with Crippen molar-refractivity contribution in [3.8, 4) is 5.75 Å². The van der Waals surface area contributed by atoms with Gasteiger partial charge in [-0.25, -0.2) is 0 Å². The summed E-state index contributed by atoms with van der Waals surface area (Å²) in [4.78, 5) is 13.4. The van der Waals surface area contributed by atoms with Crippen molar-refractivity contribution >= 4 is 5.97 Å². The fourth-order valence-electron chi connectivity index (χ4n) is 3.23. The summed E-state index contributed by atoms with van der Waals surface area (Å²) in [6.45, 7) is 5.16. The van der Waals surface area contributed by atoms with Crippen molar-refractivity contribution in [2.75, 3.05) is 26.2 Å². The van der Waals surface area contributed by atoms with Gasteiger partial charge in [-0.3, -0.25) is 4.79 Å². The summed E-state index contributed by atoms with van der Waals surface area (Å²) < 4.78 is 5.68. The molecule has 0 radical (unpaired) electrons. The Morgan fingerprint density at radius 2 is 2.21 bits per heavy atom. The average molecular weight is 261 g/mol. The molecular weight excluding hydrogens is 242 g/mol. The highest BCUT2D eigenvalue weighted by Crippen LogP contribution is 2.35. The number of nitrogens with zero attached hydrogens (tertiary/aromatic N) is 1. The molecular formula is C15H19NO3. The molecule has 0 spiro atoms. The van der Waals surface area contributed by atoms with Gasteiger partial charge in [0, 0.05) is 31.1 Å². The van der Waals surface area contributed by atoms with Crippen LogP contribution >= 0.6 is 0 Å². The maximum absolute atomic E-state index is 11.1. The molecule has 1 fully saturated rings. The molecule has 1 saturated heterocycles. The Bertz CT molecular complexity index is 488. The van der Waals surface area contributed by atoms with Crippen LogP contribution in [0.25, 0.3) is 0 Å². The van der Waals surface area contributed by atoms with E-state index in [9.17, 15) is 4.79 Å². The zero-order chi connectivity index (χ0) is 13.4. The first-order chi connectivity index (χ1) is 9.15. The van der Waals surface area contributed by atoms with Gasteiger partial charge in [-0.1, -0.05) is 25.1 Å². The van der Waals surface area contributed by atoms with Crippen molar-refractivity contribution < 1.29 is 14.6 Å². The van der Waals surface area contributed by atoms with E-state index in [1.165, 1.54) is 5.56 Å². The second-order valence-corrected chi connectivity index (χ2v) is 5.69. The molecule has 1 unspecified atom stereocenters. The molecule has 3 rings (SSSR count). The molecule has 19 heavy (non-hydrogen) atoms. The number of para-hydroxylation sites is 1. The smallest absolute Gasteiger partial charge is 0.308 e. The highest BCUT2D eigenvalue weighted by atomic mass is 16.5. The Hall–Kier alpha value is -1.55. The zero-order valence-corrected chi connectivity index (χ0v) is 11.1. The quantitative estimate of drug-likeness (QED) is 0.901. The molecule has 2 aliphatic heterocycles. The van der Waals surface area contributed by atoms with E-state index in [0.717, 1.165) is 18.8 Å². The highest BCUT2D eigenvalue weighted by molar-refractivity contribution is 5.71. The third-order valence-electron chi connectivity index (χ3n) is 4.28. The minimum absolute atomic E-state index is 0.224. The molecule has 0 bridgehead atoms. The van der Waals surface area contributed by atoms with E-state index >= 15 is 0 Å². The topological polar surface area (TPSA) is 49.8 Å². The Kier molecular flexibility index (Phi) is 3.19. The lowest BCUT2D eigenvalue weighted by Crippen LogP contribution is -2.28. The third kappa shape index (κ3) is 2.32. The van der Waals surface area contributed by atoms with E-state index in [-0.39, 0.29) is 11.8 Å². The number of hydrogen-bond acceptors (Lipinski definition) is 3. The van der Waals surface area contributed by atoms with Crippen LogP contribution in [0.15, 0.2) is 24.3 Å². The lowest BCUT2D eigenvalue weighted by atomic mass is 9.99. The van der Waals surface area contributed by atoms with Crippen LogP contribution in [0.3, 0.4) is 0 Å². The van der Waals surface area contributed by atoms with Crippen LogP contribution in [0, 0.1) is 11.8 Å². The van der Waals surface area contributed by atoms with Gasteiger partial charge in [-0.05, 0) is 12.0 Å². The Balaban J connectivity index is 1.66. The number of rotatable bonds is 3. The molecule has 1 aromatic carbocycles. The van der Waals surface area contributed by atoms with Crippen LogP contribution in [0.2, 0.25) is 0 Å². The van der Waals surface area contributed by atoms with E-state index in [1.54, 1.807) is 0 Å². The second-order valence-electron chi connectivity index (χ2n) is 5.69. The van der Waals surface area contributed by atoms with Crippen molar-refractivity contribution in [3.05, 3.63) is 29.8 Å². The fourth-order valence-corrected chi connectivity index (χ4v) is 3.23. The van der Waals surface area contributed by atoms with Gasteiger partial charge in [0.1, 0.15) is 5.75 Å². The predicted octanol–water partition coefficient (Wildman–Crippen LogP) is 1.82. The summed E-state index contributed by atoms with van der Waals surface area (Å²) in [7, 11) is 0. The van der Waals surface area contributed by atoms with Gasteiger partial charge < -0.3 is 14.7 Å². The fraction of sp³-hybridized carbons (Fsp3) is 0.533. The first-order valence-electron chi connectivity index (χ1n) is 6.82. The molecule has 4 heteroatoms. The number of fused-ring (bicyclic) bond motifs is 1. The molecule has 102 valence electrons. The zero-order valence-electron chi connectivity index (χ0n) is 11.1. The van der Waals surface area contributed by atoms with Crippen LogP contribution in [0.4, 0.5) is 0 Å². The minimum atomic E-state index is -0.668. The summed E-state index contributed by atoms with van der Waals surface area (Å²) in [5, 5.41) is 9.17. The number of hydrogen-bond donors (Lipinski definition) is 1. The van der Waals surface area contributed by atoms with Gasteiger partial charge in [-0.15, -0.1) is 0 Å². The lowest BCUT2D eigenvalue weighted by Gasteiger charge is -2.19. The third-order valence-corrected chi connectivity index (χ3v) is 4.28. The minimum Gasteiger partial charge on any atom is -0.493 e. The summed E-state index contributed by atoms with van der Waals surface area (Å²) >= 11 is 0. The summed E-state index contributed by atoms with van der Waals surface area (Å²) in [5.41, 5.74) is 1.26. The van der Waals surface area contributed by atoms with Crippen LogP contribution in [-0.4, -0.2) is 42.2 Å². The summed E-state index contributed by atoms with van der Waals surface area (Å²) in [5.74, 6) is 0.691. The van der Waals surface area contributed by atoms with Crippen molar-refractivity contribution in [2.24, 2.45) is 11.8 Å². The van der Waals surface area contributed by atoms with Gasteiger partial charge in [0.25, 0.3) is 0 Å². The maximum Gasteiger partial charge on any atom is 0.308 e. The van der Waals surface area contributed by atoms with E-state index in [4.69, 9.17) is 9.84 Å². The standard InChI is InChI=1S/C15H19NO3/c1-10-6-16(8-13(10)15(17)18)7-11-9-19-14-5-3-2-4-12(11)14/h2-5,10-11,13H,6-9H2,1H3,(H,17,18)/t10-,11?,13-/m1/s1. The molecule has 0 saturated carbocycles. The van der Waals surface area contributed by atoms with Crippen LogP contribution in [-0.2, 0) is 4.79 Å². The molecule has 3 atom stereocenters. The van der Waals surface area contributed by atoms with Gasteiger partial charge in [0.2, 0.25) is 0 Å². The predicted molar refractivity (Wildman–Crippen MR) is 71.4 cm³/mol. The molecule has 0 aliphatic carbocycles. The van der Waals surface area contributed by atoms with Gasteiger partial charge >= 0.3 is 5.97 Å². The summed E-state index contributed by atoms with van der Waals surface area (Å²) in [6, 6.07) is 8.13. The van der Waals surface area contributed by atoms with Crippen molar-refractivity contribution in [1.82, 2.24) is 4.90 Å². The number of benzene rings is 1. The first kappa shape index (κ1) is 12.5. The first-order valence-corrected chi connectivity index (χ1v) is 6.82. The number of carboxylic acid groups (broad SMARTS) is 1. The molecule has 0 aromatic heterocycles. The van der Waals surface area contributed by atoms with Crippen LogP contribution in [0.5, 0.6) is 5.75 Å². The van der Waals surface area contributed by atoms with Gasteiger partial charge in [0.05, 0.1) is 12.5 Å². The highest BCUT2D eigenvalue weighted by Gasteiger charge is 2.36. The largest absolute Gasteiger partial charge is 0.493 e. The Morgan fingerprint density at radius 3 is 2.95 bits per heavy atom. The molecule has 0 amide bonds. The molecule has 4 nitrogen and oxygen atoms in total. The van der Waals surface area contributed by atoms with Crippen molar-refractivity contribution in [1.29, 1.82) is 0 Å². The molecule has 2 aliphatic rings. The van der Waals surface area contributed by atoms with Gasteiger partial charge in [0.15, 0.2) is 0 Å². The van der Waals surface area contributed by atoms with E-state index in [0.29, 0.717) is 19.1 Å². The van der Waals surface area contributed by atoms with Crippen LogP contribution in [0.1, 0.15) is 18.4 Å². The van der Waals surface area contributed by atoms with Crippen LogP contribution < -0.4 is 4.74 Å². The molecule has 1 N–H and O–H groups in total. The molecule has 1 aromatic rings. The average Bonchev–Trinajstić information content (AvgIpc) is 2.95. The number of ether oxygens (including phenoxy) is 1. The van der Waals surface area contributed by atoms with E-state index in [1.807, 2.05) is 25.1 Å². The number of carboxylic acids is 1. The number of carbonyl (C=O) groups is 1. The van der Waals surface area contributed by atoms with E-state index in [2.05, 4.69) is 11.0 Å². The van der Waals surface area contributed by atoms with Crippen molar-refractivity contribution in [3.63, 3.8) is 0 Å². The normalized spacial score (nSPS) is 30.1. The Morgan fingerprint density at radius 1 is 1.42 bits per heavy atom. The molecule has 2 heterocycles.